The summed E-state index contributed by atoms with van der Waals surface area (Å²) >= 11 is 1.22. The number of methoxy groups -OCH3 is 1. The minimum atomic E-state index is -0.519. The number of nitrogens with one attached hydrogen (secondary N) is 3. The maximum atomic E-state index is 11.8. The van der Waals surface area contributed by atoms with E-state index < -0.39 is 5.91 Å². The molecule has 0 aliphatic heterocycles. The second-order valence-corrected chi connectivity index (χ2v) is 5.66. The second kappa shape index (κ2) is 7.09. The molecule has 0 atom stereocenters. The summed E-state index contributed by atoms with van der Waals surface area (Å²) in [6.07, 6.45) is 1.38. The first-order chi connectivity index (χ1) is 11.7. The number of benzene rings is 1. The number of thioether (sulfide) groups is 1. The average molecular weight is 346 g/mol. The first-order valence-electron chi connectivity index (χ1n) is 6.95. The van der Waals surface area contributed by atoms with Crippen LogP contribution in [0.2, 0.25) is 0 Å². The molecule has 0 bridgehead atoms. The third-order valence-corrected chi connectivity index (χ3v) is 3.94. The number of imidazole rings is 1. The first kappa shape index (κ1) is 15.9. The molecule has 3 N–H and O–H groups in total. The number of furan rings is 1. The van der Waals surface area contributed by atoms with Gasteiger partial charge in [-0.05, 0) is 24.3 Å². The summed E-state index contributed by atoms with van der Waals surface area (Å²) in [5, 5.41) is 0.603. The topological polar surface area (TPSA) is 109 Å². The van der Waals surface area contributed by atoms with Gasteiger partial charge in [0.15, 0.2) is 10.9 Å². The summed E-state index contributed by atoms with van der Waals surface area (Å²) in [6, 6.07) is 8.56. The maximum Gasteiger partial charge on any atom is 0.305 e. The number of ether oxygens (including phenoxy) is 1. The fraction of sp³-hybridized carbons (Fsp3) is 0.133. The number of fused-ring (bicyclic) bond motifs is 1. The highest BCUT2D eigenvalue weighted by Gasteiger charge is 2.11. The van der Waals surface area contributed by atoms with Crippen LogP contribution in [0.3, 0.4) is 0 Å². The molecule has 2 heterocycles. The Morgan fingerprint density at radius 2 is 2.21 bits per heavy atom. The van der Waals surface area contributed by atoms with Crippen LogP contribution in [0.1, 0.15) is 10.6 Å². The van der Waals surface area contributed by atoms with Crippen LogP contribution in [0.5, 0.6) is 5.75 Å². The Morgan fingerprint density at radius 1 is 1.33 bits per heavy atom. The standard InChI is InChI=1S/C15H14N4O4S/c1-22-9-4-5-10-11(7-9)17-15(16-10)24-8-13(20)18-19-14(21)12-3-2-6-23-12/h2-7H,8H2,1H3,(H,16,17)(H,18,20)(H,19,21). The van der Waals surface area contributed by atoms with Gasteiger partial charge in [-0.3, -0.25) is 20.4 Å². The van der Waals surface area contributed by atoms with Crippen molar-refractivity contribution in [2.75, 3.05) is 12.9 Å². The molecule has 0 spiro atoms. The van der Waals surface area contributed by atoms with Gasteiger partial charge in [0.2, 0.25) is 5.91 Å². The number of carbonyl (C=O) groups is 2. The van der Waals surface area contributed by atoms with Gasteiger partial charge in [0.25, 0.3) is 0 Å². The van der Waals surface area contributed by atoms with Crippen LogP contribution in [0, 0.1) is 0 Å². The molecule has 124 valence electrons. The second-order valence-electron chi connectivity index (χ2n) is 4.69. The van der Waals surface area contributed by atoms with Gasteiger partial charge >= 0.3 is 5.91 Å². The van der Waals surface area contributed by atoms with E-state index in [4.69, 9.17) is 9.15 Å². The van der Waals surface area contributed by atoms with Gasteiger partial charge in [-0.2, -0.15) is 0 Å². The predicted octanol–water partition coefficient (Wildman–Crippen LogP) is 1.72. The molecule has 3 rings (SSSR count). The van der Waals surface area contributed by atoms with Gasteiger partial charge in [0, 0.05) is 6.07 Å². The molecular weight excluding hydrogens is 332 g/mol. The monoisotopic (exact) mass is 346 g/mol. The molecule has 3 aromatic rings. The molecular formula is C15H14N4O4S. The Morgan fingerprint density at radius 3 is 2.96 bits per heavy atom. The molecule has 0 unspecified atom stereocenters. The number of rotatable bonds is 5. The van der Waals surface area contributed by atoms with Crippen LogP contribution in [-0.4, -0.2) is 34.6 Å². The van der Waals surface area contributed by atoms with Gasteiger partial charge in [-0.1, -0.05) is 11.8 Å². The van der Waals surface area contributed by atoms with Crippen molar-refractivity contribution in [2.45, 2.75) is 5.16 Å². The number of aromatic nitrogens is 2. The molecule has 0 radical (unpaired) electrons. The smallest absolute Gasteiger partial charge is 0.305 e. The zero-order valence-electron chi connectivity index (χ0n) is 12.7. The molecule has 0 saturated carbocycles. The highest BCUT2D eigenvalue weighted by Crippen LogP contribution is 2.22. The summed E-state index contributed by atoms with van der Waals surface area (Å²) in [6.45, 7) is 0. The number of nitrogens with zero attached hydrogens (tertiary/aromatic N) is 1. The SMILES string of the molecule is COc1ccc2nc(SCC(=O)NNC(=O)c3ccco3)[nH]c2c1. The van der Waals surface area contributed by atoms with Crippen molar-refractivity contribution in [1.82, 2.24) is 20.8 Å². The van der Waals surface area contributed by atoms with E-state index in [-0.39, 0.29) is 17.4 Å². The summed E-state index contributed by atoms with van der Waals surface area (Å²) in [5.74, 6) is 0.0532. The lowest BCUT2D eigenvalue weighted by atomic mass is 10.3. The lowest BCUT2D eigenvalue weighted by molar-refractivity contribution is -0.119. The fourth-order valence-electron chi connectivity index (χ4n) is 1.93. The van der Waals surface area contributed by atoms with Crippen LogP contribution in [-0.2, 0) is 4.79 Å². The van der Waals surface area contributed by atoms with E-state index in [9.17, 15) is 9.59 Å². The Bertz CT molecular complexity index is 860. The van der Waals surface area contributed by atoms with E-state index in [1.54, 1.807) is 13.2 Å². The molecule has 0 fully saturated rings. The lowest BCUT2D eigenvalue weighted by Crippen LogP contribution is -2.42. The van der Waals surface area contributed by atoms with Gasteiger partial charge in [0.05, 0.1) is 30.2 Å². The fourth-order valence-corrected chi connectivity index (χ4v) is 2.61. The molecule has 0 aliphatic carbocycles. The lowest BCUT2D eigenvalue weighted by Gasteiger charge is -2.04. The van der Waals surface area contributed by atoms with Crippen LogP contribution in [0.4, 0.5) is 0 Å². The van der Waals surface area contributed by atoms with Gasteiger partial charge in [-0.15, -0.1) is 0 Å². The summed E-state index contributed by atoms with van der Waals surface area (Å²) in [7, 11) is 1.59. The Balaban J connectivity index is 1.51. The molecule has 24 heavy (non-hydrogen) atoms. The summed E-state index contributed by atoms with van der Waals surface area (Å²) in [4.78, 5) is 30.8. The van der Waals surface area contributed by atoms with Crippen molar-refractivity contribution in [1.29, 1.82) is 0 Å². The van der Waals surface area contributed by atoms with E-state index in [0.717, 1.165) is 16.8 Å². The van der Waals surface area contributed by atoms with E-state index >= 15 is 0 Å². The largest absolute Gasteiger partial charge is 0.497 e. The van der Waals surface area contributed by atoms with Crippen molar-refractivity contribution in [3.63, 3.8) is 0 Å². The normalized spacial score (nSPS) is 10.5. The first-order valence-corrected chi connectivity index (χ1v) is 7.93. The Labute approximate surface area is 140 Å². The molecule has 2 aromatic heterocycles. The zero-order chi connectivity index (χ0) is 16.9. The molecule has 2 amide bonds. The van der Waals surface area contributed by atoms with E-state index in [0.29, 0.717) is 5.16 Å². The highest BCUT2D eigenvalue weighted by atomic mass is 32.2. The molecule has 0 saturated heterocycles. The Kier molecular flexibility index (Phi) is 4.71. The summed E-state index contributed by atoms with van der Waals surface area (Å²) < 4.78 is 10.1. The van der Waals surface area contributed by atoms with Crippen molar-refractivity contribution in [3.8, 4) is 5.75 Å². The van der Waals surface area contributed by atoms with Crippen molar-refractivity contribution < 1.29 is 18.7 Å². The number of aromatic amines is 1. The molecule has 9 heteroatoms. The van der Waals surface area contributed by atoms with Gasteiger partial charge < -0.3 is 14.1 Å². The maximum absolute atomic E-state index is 11.8. The molecule has 1 aromatic carbocycles. The number of hydrogen-bond donors (Lipinski definition) is 3. The third-order valence-electron chi connectivity index (χ3n) is 3.07. The quantitative estimate of drug-likeness (QED) is 0.479. The van der Waals surface area contributed by atoms with E-state index in [1.807, 2.05) is 18.2 Å². The van der Waals surface area contributed by atoms with Crippen LogP contribution >= 0.6 is 11.8 Å². The highest BCUT2D eigenvalue weighted by molar-refractivity contribution is 7.99. The predicted molar refractivity (Wildman–Crippen MR) is 87.7 cm³/mol. The van der Waals surface area contributed by atoms with E-state index in [1.165, 1.54) is 24.1 Å². The average Bonchev–Trinajstić information content (AvgIpc) is 3.26. The number of H-pyrrole nitrogens is 1. The van der Waals surface area contributed by atoms with E-state index in [2.05, 4.69) is 20.8 Å². The molecule has 8 nitrogen and oxygen atoms in total. The summed E-state index contributed by atoms with van der Waals surface area (Å²) in [5.41, 5.74) is 6.19. The van der Waals surface area contributed by atoms with Gasteiger partial charge in [0.1, 0.15) is 5.75 Å². The van der Waals surface area contributed by atoms with Crippen LogP contribution in [0.25, 0.3) is 11.0 Å². The molecule has 0 aliphatic rings. The third kappa shape index (κ3) is 3.69. The minimum Gasteiger partial charge on any atom is -0.497 e. The zero-order valence-corrected chi connectivity index (χ0v) is 13.5. The Hall–Kier alpha value is -2.94. The number of amides is 2. The van der Waals surface area contributed by atoms with Crippen molar-refractivity contribution in [3.05, 3.63) is 42.4 Å². The number of hydrazine groups is 1. The number of hydrogen-bond acceptors (Lipinski definition) is 6. The minimum absolute atomic E-state index is 0.0927. The van der Waals surface area contributed by atoms with Crippen molar-refractivity contribution in [2.24, 2.45) is 0 Å². The number of carbonyl (C=O) groups excluding carboxylic acids is 2. The van der Waals surface area contributed by atoms with Crippen LogP contribution < -0.4 is 15.6 Å². The van der Waals surface area contributed by atoms with Crippen molar-refractivity contribution >= 4 is 34.6 Å². The van der Waals surface area contributed by atoms with Crippen LogP contribution in [0.15, 0.2) is 46.2 Å². The van der Waals surface area contributed by atoms with Gasteiger partial charge in [-0.25, -0.2) is 4.98 Å².